The van der Waals surface area contributed by atoms with Crippen molar-refractivity contribution in [3.8, 4) is 12.1 Å². The van der Waals surface area contributed by atoms with Crippen molar-refractivity contribution in [2.45, 2.75) is 77.5 Å². The number of allylic oxidation sites excluding steroid dienone is 3. The number of ether oxygens (including phenoxy) is 4. The quantitative estimate of drug-likeness (QED) is 0.0393. The number of azo groups is 1. The van der Waals surface area contributed by atoms with Gasteiger partial charge < -0.3 is 34.1 Å². The van der Waals surface area contributed by atoms with Crippen LogP contribution < -0.4 is 4.90 Å². The first-order chi connectivity index (χ1) is 25.2. The number of nitriles is 2. The summed E-state index contributed by atoms with van der Waals surface area (Å²) in [6.45, 7) is 8.85. The number of benzene rings is 1. The van der Waals surface area contributed by atoms with Gasteiger partial charge in [0, 0.05) is 18.8 Å². The number of unbranched alkanes of at least 4 members (excludes halogenated alkanes) is 5. The first kappa shape index (κ1) is 44.4. The van der Waals surface area contributed by atoms with Crippen molar-refractivity contribution in [2.75, 3.05) is 70.8 Å². The van der Waals surface area contributed by atoms with Gasteiger partial charge in [-0.05, 0) is 62.4 Å². The molecule has 0 saturated heterocycles. The van der Waals surface area contributed by atoms with E-state index < -0.39 is 29.1 Å². The van der Waals surface area contributed by atoms with E-state index in [2.05, 4.69) is 34.2 Å². The molecule has 1 aromatic rings. The van der Waals surface area contributed by atoms with Gasteiger partial charge in [-0.15, -0.1) is 0 Å². The number of carboxylic acids is 1. The summed E-state index contributed by atoms with van der Waals surface area (Å²) in [5.74, 6) is -2.87. The lowest BCUT2D eigenvalue weighted by molar-refractivity contribution is -0.152. The molecule has 0 radical (unpaired) electrons. The maximum absolute atomic E-state index is 12.2. The number of hydrogen-bond donors (Lipinski definition) is 2. The molecule has 1 aliphatic heterocycles. The molecule has 286 valence electrons. The molecule has 13 nitrogen and oxygen atoms in total. The molecular formula is C38H55N5O8S. The Morgan fingerprint density at radius 2 is 1.67 bits per heavy atom. The minimum absolute atomic E-state index is 0.0329. The predicted octanol–water partition coefficient (Wildman–Crippen LogP) is 6.88. The molecule has 1 aromatic carbocycles. The van der Waals surface area contributed by atoms with Gasteiger partial charge in [0.15, 0.2) is 0 Å². The lowest BCUT2D eigenvalue weighted by atomic mass is 10.0. The van der Waals surface area contributed by atoms with E-state index in [9.17, 15) is 25.2 Å². The van der Waals surface area contributed by atoms with Gasteiger partial charge in [-0.3, -0.25) is 9.59 Å². The number of aryl methyl sites for hydroxylation is 1. The van der Waals surface area contributed by atoms with Crippen LogP contribution in [0, 0.1) is 41.4 Å². The van der Waals surface area contributed by atoms with Gasteiger partial charge in [-0.1, -0.05) is 56.5 Å². The zero-order valence-electron chi connectivity index (χ0n) is 30.8. The largest absolute Gasteiger partial charge is 0.481 e. The molecule has 0 fully saturated rings. The number of hydrogen-bond acceptors (Lipinski definition) is 13. The van der Waals surface area contributed by atoms with Gasteiger partial charge in [0.25, 0.3) is 0 Å². The Hall–Kier alpha value is -3.79. The summed E-state index contributed by atoms with van der Waals surface area (Å²) in [5.41, 5.74) is 3.21. The third-order valence-electron chi connectivity index (χ3n) is 8.35. The molecule has 2 N–H and O–H groups in total. The summed E-state index contributed by atoms with van der Waals surface area (Å²) in [4.78, 5) is 26.4. The molecule has 2 rings (SSSR count). The van der Waals surface area contributed by atoms with E-state index in [0.29, 0.717) is 56.5 Å². The monoisotopic (exact) mass is 741 g/mol. The lowest BCUT2D eigenvalue weighted by Gasteiger charge is -2.25. The number of aliphatic carboxylic acids is 1. The number of carboxylic acid groups (broad SMARTS) is 1. The molecule has 0 spiro atoms. The van der Waals surface area contributed by atoms with Crippen molar-refractivity contribution < 1.29 is 38.7 Å². The first-order valence-corrected chi connectivity index (χ1v) is 18.9. The van der Waals surface area contributed by atoms with E-state index in [1.165, 1.54) is 37.4 Å². The fourth-order valence-corrected chi connectivity index (χ4v) is 6.37. The maximum Gasteiger partial charge on any atom is 0.307 e. The van der Waals surface area contributed by atoms with Gasteiger partial charge in [0.05, 0.1) is 75.2 Å². The molecule has 14 heteroatoms. The zero-order chi connectivity index (χ0) is 38.0. The van der Waals surface area contributed by atoms with Crippen molar-refractivity contribution in [2.24, 2.45) is 22.1 Å². The van der Waals surface area contributed by atoms with Crippen LogP contribution in [-0.4, -0.2) is 93.5 Å². The van der Waals surface area contributed by atoms with Crippen molar-refractivity contribution in [3.05, 3.63) is 46.4 Å². The number of nitrogens with zero attached hydrogens (tertiary/aromatic N) is 5. The summed E-state index contributed by atoms with van der Waals surface area (Å²) in [6.07, 6.45) is 10.8. The number of carbonyl (C=O) groups is 2. The fraction of sp³-hybridized carbons (Fsp3) is 0.632. The topological polar surface area (TPSA) is 187 Å². The number of esters is 1. The molecule has 3 atom stereocenters. The Kier molecular flexibility index (Phi) is 23.0. The normalized spacial score (nSPS) is 16.3. The van der Waals surface area contributed by atoms with E-state index in [4.69, 9.17) is 24.1 Å². The third kappa shape index (κ3) is 17.2. The van der Waals surface area contributed by atoms with Gasteiger partial charge in [-0.25, -0.2) is 0 Å². The predicted molar refractivity (Wildman–Crippen MR) is 200 cm³/mol. The minimum atomic E-state index is -1.01. The van der Waals surface area contributed by atoms with Crippen LogP contribution in [0.25, 0.3) is 0 Å². The molecule has 0 saturated carbocycles. The molecule has 0 amide bonds. The number of anilines is 1. The molecule has 0 aliphatic carbocycles. The highest BCUT2D eigenvalue weighted by atomic mass is 32.2. The minimum Gasteiger partial charge on any atom is -0.481 e. The highest BCUT2D eigenvalue weighted by Crippen LogP contribution is 2.42. The molecule has 0 bridgehead atoms. The van der Waals surface area contributed by atoms with Crippen LogP contribution in [0.2, 0.25) is 0 Å². The van der Waals surface area contributed by atoms with Crippen molar-refractivity contribution >= 4 is 35.1 Å². The van der Waals surface area contributed by atoms with E-state index in [1.807, 2.05) is 37.3 Å². The maximum atomic E-state index is 12.2. The van der Waals surface area contributed by atoms with E-state index in [-0.39, 0.29) is 32.8 Å². The van der Waals surface area contributed by atoms with Gasteiger partial charge in [0.2, 0.25) is 0 Å². The third-order valence-corrected chi connectivity index (χ3v) is 9.60. The molecule has 1 aliphatic rings. The average molecular weight is 742 g/mol. The SMILES string of the molecule is CCCCCCC/C=C/CC(CC(=O)OCCOCCOCCN(CCOCCO)c1ccc(N=NC2SC(C#N)=C(C)C2C#N)c(C)c1)C(=O)O. The highest BCUT2D eigenvalue weighted by Gasteiger charge is 2.34. The fourth-order valence-electron chi connectivity index (χ4n) is 5.27. The average Bonchev–Trinajstić information content (AvgIpc) is 3.45. The summed E-state index contributed by atoms with van der Waals surface area (Å²) in [6, 6.07) is 10.1. The zero-order valence-corrected chi connectivity index (χ0v) is 31.7. The lowest BCUT2D eigenvalue weighted by Crippen LogP contribution is -2.31. The first-order valence-electron chi connectivity index (χ1n) is 18.1. The molecule has 1 heterocycles. The highest BCUT2D eigenvalue weighted by molar-refractivity contribution is 8.04. The van der Waals surface area contributed by atoms with Crippen LogP contribution in [0.5, 0.6) is 0 Å². The Bertz CT molecular complexity index is 1410. The summed E-state index contributed by atoms with van der Waals surface area (Å²) in [7, 11) is 0. The summed E-state index contributed by atoms with van der Waals surface area (Å²) < 4.78 is 22.0. The van der Waals surface area contributed by atoms with Crippen LogP contribution in [0.15, 0.2) is 51.1 Å². The van der Waals surface area contributed by atoms with E-state index >= 15 is 0 Å². The van der Waals surface area contributed by atoms with Crippen LogP contribution in [0.1, 0.15) is 70.8 Å². The van der Waals surface area contributed by atoms with Gasteiger partial charge >= 0.3 is 11.9 Å². The second kappa shape index (κ2) is 26.9. The van der Waals surface area contributed by atoms with Crippen molar-refractivity contribution in [1.29, 1.82) is 10.5 Å². The van der Waals surface area contributed by atoms with Gasteiger partial charge in [-0.2, -0.15) is 20.8 Å². The molecule has 0 aromatic heterocycles. The summed E-state index contributed by atoms with van der Waals surface area (Å²) in [5, 5.41) is 45.7. The smallest absolute Gasteiger partial charge is 0.307 e. The van der Waals surface area contributed by atoms with E-state index in [0.717, 1.165) is 29.7 Å². The number of thioether (sulfide) groups is 1. The van der Waals surface area contributed by atoms with Crippen LogP contribution >= 0.6 is 11.8 Å². The van der Waals surface area contributed by atoms with Gasteiger partial charge in [0.1, 0.15) is 24.0 Å². The molecule has 52 heavy (non-hydrogen) atoms. The number of carbonyl (C=O) groups excluding carboxylic acids is 1. The Morgan fingerprint density at radius 1 is 0.981 bits per heavy atom. The number of aliphatic hydroxyl groups excluding tert-OH is 1. The Labute approximate surface area is 312 Å². The van der Waals surface area contributed by atoms with Crippen molar-refractivity contribution in [3.63, 3.8) is 0 Å². The van der Waals surface area contributed by atoms with Crippen LogP contribution in [-0.2, 0) is 28.5 Å². The summed E-state index contributed by atoms with van der Waals surface area (Å²) >= 11 is 1.26. The number of aliphatic hydroxyl groups is 1. The standard InChI is InChI=1S/C38H55N5O8S/c1-4-5-6-7-8-9-10-11-12-31(38(46)47)26-36(45)51-24-23-50-22-21-49-19-16-43(15-18-48-20-17-44)32-13-14-34(29(2)25-32)41-42-37-33(27-39)30(3)35(28-40)52-37/h10-11,13-14,25,31,33,37,44H,4-9,12,15-24,26H2,1-3H3,(H,46,47)/b11-10+,42-41?. The van der Waals surface area contributed by atoms with Crippen LogP contribution in [0.3, 0.4) is 0 Å². The second-order valence-corrected chi connectivity index (χ2v) is 13.5. The van der Waals surface area contributed by atoms with Crippen LogP contribution in [0.4, 0.5) is 11.4 Å². The molecule has 3 unspecified atom stereocenters. The second-order valence-electron chi connectivity index (χ2n) is 12.3. The Balaban J connectivity index is 1.73. The number of rotatable bonds is 28. The van der Waals surface area contributed by atoms with Crippen molar-refractivity contribution in [1.82, 2.24) is 0 Å². The molecular weight excluding hydrogens is 687 g/mol. The van der Waals surface area contributed by atoms with E-state index in [1.54, 1.807) is 6.92 Å². The Morgan fingerprint density at radius 3 is 2.33 bits per heavy atom.